The Kier molecular flexibility index (Phi) is 6.00. The number of likely N-dealkylation sites (N-methyl/N-ethyl adjacent to an activating group) is 1. The van der Waals surface area contributed by atoms with E-state index in [0.29, 0.717) is 21.5 Å². The molecule has 0 aromatic heterocycles. The number of phenols is 1. The van der Waals surface area contributed by atoms with E-state index in [-0.39, 0.29) is 24.7 Å². The highest BCUT2D eigenvalue weighted by Gasteiger charge is 2.30. The van der Waals surface area contributed by atoms with Crippen LogP contribution >= 0.6 is 11.8 Å². The van der Waals surface area contributed by atoms with Crippen LogP contribution in [-0.4, -0.2) is 45.8 Å². The van der Waals surface area contributed by atoms with Crippen LogP contribution < -0.4 is 4.74 Å². The molecule has 1 amide bonds. The Morgan fingerprint density at radius 2 is 2.00 bits per heavy atom. The van der Waals surface area contributed by atoms with E-state index < -0.39 is 5.97 Å². The molecule has 1 saturated heterocycles. The van der Waals surface area contributed by atoms with Crippen LogP contribution in [-0.2, 0) is 9.59 Å². The van der Waals surface area contributed by atoms with Gasteiger partial charge in [0.15, 0.2) is 5.17 Å². The summed E-state index contributed by atoms with van der Waals surface area (Å²) in [6.45, 7) is 0.0786. The summed E-state index contributed by atoms with van der Waals surface area (Å²) in [7, 11) is 1.65. The van der Waals surface area contributed by atoms with E-state index in [9.17, 15) is 14.7 Å². The van der Waals surface area contributed by atoms with Gasteiger partial charge >= 0.3 is 5.97 Å². The Labute approximate surface area is 166 Å². The molecule has 1 aliphatic rings. The number of rotatable bonds is 6. The number of thioether (sulfide) groups is 1. The third-order valence-corrected chi connectivity index (χ3v) is 4.88. The number of amides is 1. The van der Waals surface area contributed by atoms with E-state index in [4.69, 9.17) is 9.84 Å². The predicted molar refractivity (Wildman–Crippen MR) is 108 cm³/mol. The number of nitrogens with zero attached hydrogens (tertiary/aromatic N) is 2. The summed E-state index contributed by atoms with van der Waals surface area (Å²) in [6.07, 6.45) is 1.66. The van der Waals surface area contributed by atoms with Crippen LogP contribution in [0, 0.1) is 0 Å². The summed E-state index contributed by atoms with van der Waals surface area (Å²) < 4.78 is 5.42. The smallest absolute Gasteiger partial charge is 0.306 e. The fourth-order valence-corrected chi connectivity index (χ4v) is 3.38. The van der Waals surface area contributed by atoms with E-state index >= 15 is 0 Å². The number of benzene rings is 2. The van der Waals surface area contributed by atoms with E-state index in [2.05, 4.69) is 4.99 Å². The number of carbonyl (C=O) groups is 2. The van der Waals surface area contributed by atoms with Gasteiger partial charge in [-0.15, -0.1) is 0 Å². The zero-order valence-corrected chi connectivity index (χ0v) is 15.8. The summed E-state index contributed by atoms with van der Waals surface area (Å²) in [5, 5.41) is 18.6. The van der Waals surface area contributed by atoms with Crippen LogP contribution in [0.15, 0.2) is 58.4 Å². The number of ether oxygens (including phenoxy) is 1. The van der Waals surface area contributed by atoms with Crippen molar-refractivity contribution in [3.05, 3.63) is 59.0 Å². The van der Waals surface area contributed by atoms with Crippen molar-refractivity contribution in [2.45, 2.75) is 6.42 Å². The van der Waals surface area contributed by atoms with E-state index in [1.807, 2.05) is 6.07 Å². The second kappa shape index (κ2) is 8.62. The molecule has 0 aliphatic carbocycles. The summed E-state index contributed by atoms with van der Waals surface area (Å²) in [5.41, 5.74) is 1.40. The highest BCUT2D eigenvalue weighted by atomic mass is 32.2. The number of aliphatic carboxylic acids is 1. The number of phenolic OH excluding ortho intramolecular Hbond substituents is 1. The maximum absolute atomic E-state index is 12.5. The second-order valence-corrected chi connectivity index (χ2v) is 6.96. The van der Waals surface area contributed by atoms with Crippen molar-refractivity contribution in [1.82, 2.24) is 4.90 Å². The molecular formula is C20H18N2O5S. The standard InChI is InChI=1S/C20H18N2O5S/c1-22-19(26)17(28-20(22)21-14-5-7-15(23)8-6-14)12-13-3-2-4-16(11-13)27-10-9-18(24)25/h2-8,11-12,23H,9-10H2,1H3,(H,24,25)/b17-12-,21-20?. The predicted octanol–water partition coefficient (Wildman–Crippen LogP) is 3.48. The quantitative estimate of drug-likeness (QED) is 0.723. The minimum Gasteiger partial charge on any atom is -0.508 e. The first-order valence-corrected chi connectivity index (χ1v) is 9.24. The zero-order chi connectivity index (χ0) is 20.1. The van der Waals surface area contributed by atoms with Gasteiger partial charge in [-0.3, -0.25) is 14.5 Å². The lowest BCUT2D eigenvalue weighted by molar-refractivity contribution is -0.137. The van der Waals surface area contributed by atoms with Gasteiger partial charge in [0.1, 0.15) is 11.5 Å². The molecule has 2 N–H and O–H groups in total. The van der Waals surface area contributed by atoms with Gasteiger partial charge in [-0.25, -0.2) is 4.99 Å². The van der Waals surface area contributed by atoms with Gasteiger partial charge in [0.05, 0.1) is 23.6 Å². The summed E-state index contributed by atoms with van der Waals surface area (Å²) in [4.78, 5) is 29.5. The molecule has 0 radical (unpaired) electrons. The van der Waals surface area contributed by atoms with E-state index in [1.165, 1.54) is 28.8 Å². The molecule has 1 heterocycles. The van der Waals surface area contributed by atoms with Crippen LogP contribution in [0.3, 0.4) is 0 Å². The average Bonchev–Trinajstić information content (AvgIpc) is 2.91. The highest BCUT2D eigenvalue weighted by molar-refractivity contribution is 8.18. The number of carboxylic acids is 1. The zero-order valence-electron chi connectivity index (χ0n) is 15.0. The Morgan fingerprint density at radius 1 is 1.25 bits per heavy atom. The Bertz CT molecular complexity index is 953. The van der Waals surface area contributed by atoms with Gasteiger partial charge < -0.3 is 14.9 Å². The summed E-state index contributed by atoms with van der Waals surface area (Å²) in [5.74, 6) is -0.398. The largest absolute Gasteiger partial charge is 0.508 e. The number of carbonyl (C=O) groups excluding carboxylic acids is 1. The Morgan fingerprint density at radius 3 is 2.71 bits per heavy atom. The van der Waals surface area contributed by atoms with Gasteiger partial charge in [0.2, 0.25) is 0 Å². The van der Waals surface area contributed by atoms with Crippen LogP contribution in [0.25, 0.3) is 6.08 Å². The number of carboxylic acid groups (broad SMARTS) is 1. The molecule has 8 heteroatoms. The molecule has 144 valence electrons. The minimum atomic E-state index is -0.922. The van der Waals surface area contributed by atoms with Crippen molar-refractivity contribution < 1.29 is 24.5 Å². The van der Waals surface area contributed by atoms with Crippen LogP contribution in [0.4, 0.5) is 5.69 Å². The molecule has 1 aliphatic heterocycles. The molecule has 0 spiro atoms. The molecule has 28 heavy (non-hydrogen) atoms. The SMILES string of the molecule is CN1C(=O)/C(=C/c2cccc(OCCC(=O)O)c2)SC1=Nc1ccc(O)cc1. The number of hydrogen-bond donors (Lipinski definition) is 2. The van der Waals surface area contributed by atoms with Crippen LogP contribution in [0.1, 0.15) is 12.0 Å². The lowest BCUT2D eigenvalue weighted by atomic mass is 10.2. The van der Waals surface area contributed by atoms with Gasteiger partial charge in [-0.2, -0.15) is 0 Å². The second-order valence-electron chi connectivity index (χ2n) is 5.95. The number of hydrogen-bond acceptors (Lipinski definition) is 6. The first kappa shape index (κ1) is 19.5. The fraction of sp³-hybridized carbons (Fsp3) is 0.150. The van der Waals surface area contributed by atoms with Crippen molar-refractivity contribution in [2.24, 2.45) is 4.99 Å². The minimum absolute atomic E-state index is 0.0786. The Balaban J connectivity index is 1.76. The lowest BCUT2D eigenvalue weighted by Gasteiger charge is -2.07. The molecular weight excluding hydrogens is 380 g/mol. The van der Waals surface area contributed by atoms with E-state index in [1.54, 1.807) is 43.5 Å². The Hall–Kier alpha value is -3.26. The fourth-order valence-electron chi connectivity index (χ4n) is 2.39. The molecule has 2 aromatic carbocycles. The highest BCUT2D eigenvalue weighted by Crippen LogP contribution is 2.33. The topological polar surface area (TPSA) is 99.4 Å². The maximum atomic E-state index is 12.5. The van der Waals surface area contributed by atoms with E-state index in [0.717, 1.165) is 5.56 Å². The molecule has 2 aromatic rings. The van der Waals surface area contributed by atoms with Crippen molar-refractivity contribution in [3.63, 3.8) is 0 Å². The maximum Gasteiger partial charge on any atom is 0.306 e. The molecule has 1 fully saturated rings. The third kappa shape index (κ3) is 4.92. The van der Waals surface area contributed by atoms with Gasteiger partial charge in [-0.05, 0) is 59.8 Å². The number of aromatic hydroxyl groups is 1. The summed E-state index contributed by atoms with van der Waals surface area (Å²) in [6, 6.07) is 13.5. The van der Waals surface area contributed by atoms with Crippen LogP contribution in [0.2, 0.25) is 0 Å². The molecule has 0 atom stereocenters. The lowest BCUT2D eigenvalue weighted by Crippen LogP contribution is -2.23. The summed E-state index contributed by atoms with van der Waals surface area (Å²) >= 11 is 1.25. The van der Waals surface area contributed by atoms with Gasteiger partial charge in [0.25, 0.3) is 5.91 Å². The van der Waals surface area contributed by atoms with Crippen molar-refractivity contribution in [2.75, 3.05) is 13.7 Å². The normalized spacial score (nSPS) is 16.8. The third-order valence-electron chi connectivity index (χ3n) is 3.82. The monoisotopic (exact) mass is 398 g/mol. The molecule has 0 unspecified atom stereocenters. The number of amidine groups is 1. The average molecular weight is 398 g/mol. The number of aliphatic imine (C=N–C) groups is 1. The van der Waals surface area contributed by atoms with Gasteiger partial charge in [-0.1, -0.05) is 12.1 Å². The van der Waals surface area contributed by atoms with Crippen LogP contribution in [0.5, 0.6) is 11.5 Å². The first-order chi connectivity index (χ1) is 13.4. The van der Waals surface area contributed by atoms with Crippen molar-refractivity contribution in [3.8, 4) is 11.5 Å². The van der Waals surface area contributed by atoms with Crippen molar-refractivity contribution in [1.29, 1.82) is 0 Å². The molecule has 0 saturated carbocycles. The first-order valence-electron chi connectivity index (χ1n) is 8.42. The van der Waals surface area contributed by atoms with Crippen molar-refractivity contribution >= 4 is 40.6 Å². The van der Waals surface area contributed by atoms with Gasteiger partial charge in [0, 0.05) is 7.05 Å². The molecule has 7 nitrogen and oxygen atoms in total. The molecule has 0 bridgehead atoms. The molecule has 3 rings (SSSR count).